The number of amides is 1. The highest BCUT2D eigenvalue weighted by molar-refractivity contribution is 5.78. The molecule has 1 aromatic carbocycles. The lowest BCUT2D eigenvalue weighted by atomic mass is 9.90. The van der Waals surface area contributed by atoms with E-state index in [1.165, 1.54) is 12.8 Å². The third-order valence-corrected chi connectivity index (χ3v) is 4.54. The highest BCUT2D eigenvalue weighted by Gasteiger charge is 2.32. The van der Waals surface area contributed by atoms with Crippen LogP contribution in [0.25, 0.3) is 0 Å². The van der Waals surface area contributed by atoms with Crippen molar-refractivity contribution in [3.05, 3.63) is 35.9 Å². The van der Waals surface area contributed by atoms with E-state index in [0.29, 0.717) is 6.54 Å². The molecule has 1 amide bonds. The maximum Gasteiger partial charge on any atom is 0.223 e. The molecule has 1 fully saturated rings. The largest absolute Gasteiger partial charge is 0.372 e. The van der Waals surface area contributed by atoms with Crippen molar-refractivity contribution in [3.63, 3.8) is 0 Å². The van der Waals surface area contributed by atoms with E-state index >= 15 is 0 Å². The molecule has 1 aromatic rings. The second-order valence-electron chi connectivity index (χ2n) is 5.62. The molecule has 1 N–H and O–H groups in total. The van der Waals surface area contributed by atoms with Gasteiger partial charge in [0.2, 0.25) is 5.91 Å². The monoisotopic (exact) mass is 275 g/mol. The molecular weight excluding hydrogens is 250 g/mol. The zero-order chi connectivity index (χ0) is 14.4. The zero-order valence-corrected chi connectivity index (χ0v) is 12.5. The number of ether oxygens (including phenoxy) is 1. The van der Waals surface area contributed by atoms with Crippen molar-refractivity contribution < 1.29 is 9.53 Å². The first-order valence-electron chi connectivity index (χ1n) is 7.60. The van der Waals surface area contributed by atoms with Gasteiger partial charge in [0, 0.05) is 13.0 Å². The minimum absolute atomic E-state index is 0.188. The molecule has 1 saturated carbocycles. The molecule has 0 bridgehead atoms. The Morgan fingerprint density at radius 1 is 1.30 bits per heavy atom. The van der Waals surface area contributed by atoms with Gasteiger partial charge in [-0.05, 0) is 24.8 Å². The van der Waals surface area contributed by atoms with Gasteiger partial charge in [-0.1, -0.05) is 50.1 Å². The lowest BCUT2D eigenvalue weighted by Crippen LogP contribution is -2.43. The molecule has 110 valence electrons. The van der Waals surface area contributed by atoms with E-state index in [-0.39, 0.29) is 11.8 Å². The number of carbonyl (C=O) groups is 1. The van der Waals surface area contributed by atoms with Gasteiger partial charge in [-0.2, -0.15) is 0 Å². The fraction of sp³-hybridized carbons (Fsp3) is 0.588. The number of benzene rings is 1. The van der Waals surface area contributed by atoms with Crippen molar-refractivity contribution in [3.8, 4) is 0 Å². The molecule has 0 aromatic heterocycles. The molecule has 0 aliphatic heterocycles. The summed E-state index contributed by atoms with van der Waals surface area (Å²) in [4.78, 5) is 12.2. The van der Waals surface area contributed by atoms with Gasteiger partial charge in [-0.25, -0.2) is 0 Å². The van der Waals surface area contributed by atoms with E-state index in [4.69, 9.17) is 4.74 Å². The third-order valence-electron chi connectivity index (χ3n) is 4.54. The normalized spacial score (nSPS) is 18.7. The standard InChI is InChI=1S/C17H25NO2/c1-3-17(20-2,15-11-5-4-6-12-15)13-18-16(19)14-9-7-8-10-14/h4-6,11-12,14H,3,7-10,13H2,1-2H3,(H,18,19). The van der Waals surface area contributed by atoms with E-state index in [2.05, 4.69) is 24.4 Å². The molecule has 3 nitrogen and oxygen atoms in total. The van der Waals surface area contributed by atoms with Crippen LogP contribution in [0.4, 0.5) is 0 Å². The summed E-state index contributed by atoms with van der Waals surface area (Å²) in [6, 6.07) is 10.1. The molecule has 0 saturated heterocycles. The van der Waals surface area contributed by atoms with Crippen LogP contribution in [-0.4, -0.2) is 19.6 Å². The first kappa shape index (κ1) is 15.0. The maximum absolute atomic E-state index is 12.2. The summed E-state index contributed by atoms with van der Waals surface area (Å²) in [5.74, 6) is 0.394. The summed E-state index contributed by atoms with van der Waals surface area (Å²) in [6.07, 6.45) is 5.25. The average Bonchev–Trinajstić information content (AvgIpc) is 3.04. The fourth-order valence-corrected chi connectivity index (χ4v) is 3.07. The molecule has 1 aliphatic rings. The molecule has 20 heavy (non-hydrogen) atoms. The van der Waals surface area contributed by atoms with Gasteiger partial charge in [-0.15, -0.1) is 0 Å². The first-order valence-corrected chi connectivity index (χ1v) is 7.60. The Balaban J connectivity index is 2.04. The molecule has 0 spiro atoms. The SMILES string of the molecule is CCC(CNC(=O)C1CCCC1)(OC)c1ccccc1. The van der Waals surface area contributed by atoms with Crippen LogP contribution >= 0.6 is 0 Å². The average molecular weight is 275 g/mol. The Kier molecular flexibility index (Phi) is 5.18. The molecule has 0 heterocycles. The molecular formula is C17H25NO2. The van der Waals surface area contributed by atoms with Gasteiger partial charge in [-0.3, -0.25) is 4.79 Å². The first-order chi connectivity index (χ1) is 9.72. The van der Waals surface area contributed by atoms with E-state index in [9.17, 15) is 4.79 Å². The Morgan fingerprint density at radius 2 is 1.95 bits per heavy atom. The van der Waals surface area contributed by atoms with Crippen molar-refractivity contribution in [1.29, 1.82) is 0 Å². The van der Waals surface area contributed by atoms with E-state index in [0.717, 1.165) is 24.8 Å². The fourth-order valence-electron chi connectivity index (χ4n) is 3.07. The quantitative estimate of drug-likeness (QED) is 0.865. The molecule has 1 atom stereocenters. The summed E-state index contributed by atoms with van der Waals surface area (Å²) < 4.78 is 5.77. The van der Waals surface area contributed by atoms with Crippen molar-refractivity contribution in [2.75, 3.05) is 13.7 Å². The Bertz CT molecular complexity index is 420. The third kappa shape index (κ3) is 3.21. The maximum atomic E-state index is 12.2. The van der Waals surface area contributed by atoms with Gasteiger partial charge in [0.25, 0.3) is 0 Å². The van der Waals surface area contributed by atoms with Crippen LogP contribution in [0.1, 0.15) is 44.6 Å². The molecule has 1 unspecified atom stereocenters. The van der Waals surface area contributed by atoms with Crippen molar-refractivity contribution in [2.24, 2.45) is 5.92 Å². The van der Waals surface area contributed by atoms with Crippen molar-refractivity contribution in [2.45, 2.75) is 44.6 Å². The Morgan fingerprint density at radius 3 is 2.50 bits per heavy atom. The summed E-state index contributed by atoms with van der Waals surface area (Å²) in [7, 11) is 1.72. The van der Waals surface area contributed by atoms with Crippen LogP contribution in [-0.2, 0) is 15.1 Å². The van der Waals surface area contributed by atoms with Gasteiger partial charge < -0.3 is 10.1 Å². The predicted molar refractivity (Wildman–Crippen MR) is 80.4 cm³/mol. The van der Waals surface area contributed by atoms with Crippen LogP contribution in [0.2, 0.25) is 0 Å². The van der Waals surface area contributed by atoms with Crippen LogP contribution in [0.3, 0.4) is 0 Å². The number of nitrogens with one attached hydrogen (secondary N) is 1. The van der Waals surface area contributed by atoms with Gasteiger partial charge >= 0.3 is 0 Å². The highest BCUT2D eigenvalue weighted by Crippen LogP contribution is 2.29. The van der Waals surface area contributed by atoms with Gasteiger partial charge in [0.1, 0.15) is 5.60 Å². The predicted octanol–water partition coefficient (Wildman–Crippen LogP) is 3.24. The zero-order valence-electron chi connectivity index (χ0n) is 12.5. The Hall–Kier alpha value is -1.35. The van der Waals surface area contributed by atoms with E-state index in [1.54, 1.807) is 7.11 Å². The van der Waals surface area contributed by atoms with Crippen LogP contribution in [0.15, 0.2) is 30.3 Å². The smallest absolute Gasteiger partial charge is 0.223 e. The number of carbonyl (C=O) groups excluding carboxylic acids is 1. The van der Waals surface area contributed by atoms with Gasteiger partial charge in [0.15, 0.2) is 0 Å². The highest BCUT2D eigenvalue weighted by atomic mass is 16.5. The molecule has 3 heteroatoms. The molecule has 0 radical (unpaired) electrons. The summed E-state index contributed by atoms with van der Waals surface area (Å²) in [5, 5.41) is 3.10. The van der Waals surface area contributed by atoms with Crippen LogP contribution < -0.4 is 5.32 Å². The summed E-state index contributed by atoms with van der Waals surface area (Å²) in [6.45, 7) is 2.64. The summed E-state index contributed by atoms with van der Waals surface area (Å²) in [5.41, 5.74) is 0.701. The lowest BCUT2D eigenvalue weighted by molar-refractivity contribution is -0.126. The molecule has 1 aliphatic carbocycles. The number of methoxy groups -OCH3 is 1. The second-order valence-corrected chi connectivity index (χ2v) is 5.62. The Labute approximate surface area is 121 Å². The second kappa shape index (κ2) is 6.89. The van der Waals surface area contributed by atoms with Gasteiger partial charge in [0.05, 0.1) is 6.54 Å². The number of hydrogen-bond acceptors (Lipinski definition) is 2. The minimum atomic E-state index is -0.421. The molecule has 2 rings (SSSR count). The lowest BCUT2D eigenvalue weighted by Gasteiger charge is -2.32. The number of hydrogen-bond donors (Lipinski definition) is 1. The van der Waals surface area contributed by atoms with E-state index < -0.39 is 5.60 Å². The topological polar surface area (TPSA) is 38.3 Å². The van der Waals surface area contributed by atoms with Crippen molar-refractivity contribution >= 4 is 5.91 Å². The minimum Gasteiger partial charge on any atom is -0.372 e. The van der Waals surface area contributed by atoms with Crippen molar-refractivity contribution in [1.82, 2.24) is 5.32 Å². The van der Waals surface area contributed by atoms with Crippen LogP contribution in [0.5, 0.6) is 0 Å². The van der Waals surface area contributed by atoms with Crippen LogP contribution in [0, 0.1) is 5.92 Å². The number of rotatable bonds is 6. The summed E-state index contributed by atoms with van der Waals surface area (Å²) >= 11 is 0. The van der Waals surface area contributed by atoms with E-state index in [1.807, 2.05) is 18.2 Å².